The van der Waals surface area contributed by atoms with Crippen molar-refractivity contribution >= 4 is 42.4 Å². The molecule has 6 nitrogen and oxygen atoms in total. The number of hydrogen-bond acceptors (Lipinski definition) is 6. The number of rotatable bonds is 6. The second-order valence-corrected chi connectivity index (χ2v) is 11.3. The number of benzene rings is 2. The van der Waals surface area contributed by atoms with Crippen molar-refractivity contribution in [2.75, 3.05) is 36.8 Å². The third-order valence-electron chi connectivity index (χ3n) is 5.57. The molecule has 4 rings (SSSR count). The van der Waals surface area contributed by atoms with Crippen LogP contribution in [0.25, 0.3) is 10.2 Å². The molecule has 0 saturated carbocycles. The standard InChI is InChI=1S/C23H27N3O3S2/c1-17-14-18(2)22-20(15-17)24-23(30-22)26-11-9-25(10-12-26)21(27)8-13-31(28,29)16-19-6-4-3-5-7-19/h3-7,14-15H,8-13,16H2,1-2H3. The summed E-state index contributed by atoms with van der Waals surface area (Å²) in [6.07, 6.45) is 0.0365. The maximum atomic E-state index is 12.6. The van der Waals surface area contributed by atoms with Crippen LogP contribution in [0.2, 0.25) is 0 Å². The Morgan fingerprint density at radius 3 is 2.48 bits per heavy atom. The molecule has 164 valence electrons. The van der Waals surface area contributed by atoms with E-state index in [-0.39, 0.29) is 23.8 Å². The van der Waals surface area contributed by atoms with E-state index in [4.69, 9.17) is 4.98 Å². The molecule has 1 fully saturated rings. The van der Waals surface area contributed by atoms with Crippen molar-refractivity contribution < 1.29 is 13.2 Å². The third kappa shape index (κ3) is 5.25. The summed E-state index contributed by atoms with van der Waals surface area (Å²) in [5.74, 6) is -0.227. The Morgan fingerprint density at radius 1 is 1.06 bits per heavy atom. The molecule has 0 atom stereocenters. The first-order valence-corrected chi connectivity index (χ1v) is 13.1. The second kappa shape index (κ2) is 8.96. The molecular formula is C23H27N3O3S2. The topological polar surface area (TPSA) is 70.6 Å². The summed E-state index contributed by atoms with van der Waals surface area (Å²) < 4.78 is 26.0. The van der Waals surface area contributed by atoms with Gasteiger partial charge in [-0.15, -0.1) is 0 Å². The normalized spacial score (nSPS) is 14.9. The fourth-order valence-electron chi connectivity index (χ4n) is 3.95. The number of thiazole rings is 1. The van der Waals surface area contributed by atoms with Crippen molar-refractivity contribution in [3.8, 4) is 0 Å². The Kier molecular flexibility index (Phi) is 6.29. The first kappa shape index (κ1) is 21.8. The van der Waals surface area contributed by atoms with Crippen molar-refractivity contribution in [3.63, 3.8) is 0 Å². The Morgan fingerprint density at radius 2 is 1.77 bits per heavy atom. The molecule has 2 aromatic carbocycles. The maximum Gasteiger partial charge on any atom is 0.223 e. The number of fused-ring (bicyclic) bond motifs is 1. The molecule has 0 spiro atoms. The van der Waals surface area contributed by atoms with E-state index in [1.54, 1.807) is 28.4 Å². The lowest BCUT2D eigenvalue weighted by Crippen LogP contribution is -2.49. The highest BCUT2D eigenvalue weighted by molar-refractivity contribution is 7.90. The SMILES string of the molecule is Cc1cc(C)c2sc(N3CCN(C(=O)CCS(=O)(=O)Cc4ccccc4)CC3)nc2c1. The third-order valence-corrected chi connectivity index (χ3v) is 8.43. The first-order valence-electron chi connectivity index (χ1n) is 10.5. The number of aryl methyl sites for hydroxylation is 2. The number of sulfone groups is 1. The van der Waals surface area contributed by atoms with Crippen molar-refractivity contribution in [1.29, 1.82) is 0 Å². The molecule has 0 N–H and O–H groups in total. The van der Waals surface area contributed by atoms with E-state index in [1.807, 2.05) is 18.2 Å². The smallest absolute Gasteiger partial charge is 0.223 e. The van der Waals surface area contributed by atoms with E-state index in [1.165, 1.54) is 15.8 Å². The Hall–Kier alpha value is -2.45. The molecule has 31 heavy (non-hydrogen) atoms. The molecule has 1 aromatic heterocycles. The van der Waals surface area contributed by atoms with Gasteiger partial charge in [-0.25, -0.2) is 13.4 Å². The molecule has 0 bridgehead atoms. The van der Waals surface area contributed by atoms with E-state index in [0.717, 1.165) is 16.2 Å². The fourth-order valence-corrected chi connectivity index (χ4v) is 6.35. The summed E-state index contributed by atoms with van der Waals surface area (Å²) in [5.41, 5.74) is 4.23. The lowest BCUT2D eigenvalue weighted by atomic mass is 10.1. The number of amides is 1. The summed E-state index contributed by atoms with van der Waals surface area (Å²) in [4.78, 5) is 21.4. The van der Waals surface area contributed by atoms with E-state index in [2.05, 4.69) is 30.9 Å². The molecule has 0 aliphatic carbocycles. The molecule has 2 heterocycles. The van der Waals surface area contributed by atoms with E-state index >= 15 is 0 Å². The van der Waals surface area contributed by atoms with Gasteiger partial charge in [-0.2, -0.15) is 0 Å². The number of piperazine rings is 1. The Labute approximate surface area is 187 Å². The van der Waals surface area contributed by atoms with Crippen LogP contribution in [0.5, 0.6) is 0 Å². The van der Waals surface area contributed by atoms with Gasteiger partial charge in [-0.05, 0) is 36.6 Å². The zero-order valence-corrected chi connectivity index (χ0v) is 19.5. The predicted octanol–water partition coefficient (Wildman–Crippen LogP) is 3.57. The minimum Gasteiger partial charge on any atom is -0.345 e. The highest BCUT2D eigenvalue weighted by Gasteiger charge is 2.24. The lowest BCUT2D eigenvalue weighted by molar-refractivity contribution is -0.131. The van der Waals surface area contributed by atoms with E-state index in [9.17, 15) is 13.2 Å². The molecule has 8 heteroatoms. The van der Waals surface area contributed by atoms with Crippen LogP contribution in [-0.4, -0.2) is 56.1 Å². The van der Waals surface area contributed by atoms with Crippen molar-refractivity contribution in [3.05, 3.63) is 59.2 Å². The molecule has 3 aromatic rings. The number of carbonyl (C=O) groups is 1. The molecule has 0 radical (unpaired) electrons. The summed E-state index contributed by atoms with van der Waals surface area (Å²) in [7, 11) is -3.31. The average Bonchev–Trinajstić information content (AvgIpc) is 3.17. The van der Waals surface area contributed by atoms with Crippen LogP contribution >= 0.6 is 11.3 Å². The first-order chi connectivity index (χ1) is 14.8. The van der Waals surface area contributed by atoms with Crippen LogP contribution < -0.4 is 4.90 Å². The average molecular weight is 458 g/mol. The van der Waals surface area contributed by atoms with Gasteiger partial charge in [0.05, 0.1) is 21.7 Å². The highest BCUT2D eigenvalue weighted by Crippen LogP contribution is 2.32. The summed E-state index contributed by atoms with van der Waals surface area (Å²) >= 11 is 1.70. The van der Waals surface area contributed by atoms with Crippen LogP contribution in [0.1, 0.15) is 23.1 Å². The number of carbonyl (C=O) groups excluding carboxylic acids is 1. The summed E-state index contributed by atoms with van der Waals surface area (Å²) in [5, 5.41) is 0.987. The predicted molar refractivity (Wildman–Crippen MR) is 126 cm³/mol. The van der Waals surface area contributed by atoms with Crippen molar-refractivity contribution in [2.24, 2.45) is 0 Å². The molecule has 1 aliphatic rings. The van der Waals surface area contributed by atoms with Crippen LogP contribution in [0.3, 0.4) is 0 Å². The van der Waals surface area contributed by atoms with Gasteiger partial charge in [0.1, 0.15) is 0 Å². The number of anilines is 1. The lowest BCUT2D eigenvalue weighted by Gasteiger charge is -2.34. The minimum atomic E-state index is -3.31. The number of aromatic nitrogens is 1. The van der Waals surface area contributed by atoms with Gasteiger partial charge in [0.2, 0.25) is 5.91 Å². The summed E-state index contributed by atoms with van der Waals surface area (Å²) in [6, 6.07) is 13.4. The minimum absolute atomic E-state index is 0.0224. The quantitative estimate of drug-likeness (QED) is 0.566. The maximum absolute atomic E-state index is 12.6. The van der Waals surface area contributed by atoms with E-state index in [0.29, 0.717) is 26.2 Å². The monoisotopic (exact) mass is 457 g/mol. The molecular weight excluding hydrogens is 430 g/mol. The zero-order chi connectivity index (χ0) is 22.0. The van der Waals surface area contributed by atoms with Gasteiger partial charge >= 0.3 is 0 Å². The number of hydrogen-bond donors (Lipinski definition) is 0. The molecule has 1 aliphatic heterocycles. The fraction of sp³-hybridized carbons (Fsp3) is 0.391. The number of nitrogens with zero attached hydrogens (tertiary/aromatic N) is 3. The zero-order valence-electron chi connectivity index (χ0n) is 17.9. The molecule has 1 saturated heterocycles. The summed E-state index contributed by atoms with van der Waals surface area (Å²) in [6.45, 7) is 6.79. The van der Waals surface area contributed by atoms with Gasteiger partial charge in [0.25, 0.3) is 0 Å². The molecule has 0 unspecified atom stereocenters. The van der Waals surface area contributed by atoms with Gasteiger partial charge in [-0.1, -0.05) is 47.7 Å². The van der Waals surface area contributed by atoms with Crippen molar-refractivity contribution in [1.82, 2.24) is 9.88 Å². The van der Waals surface area contributed by atoms with Gasteiger partial charge < -0.3 is 9.80 Å². The van der Waals surface area contributed by atoms with Gasteiger partial charge in [-0.3, -0.25) is 4.79 Å². The largest absolute Gasteiger partial charge is 0.345 e. The van der Waals surface area contributed by atoms with Gasteiger partial charge in [0, 0.05) is 32.6 Å². The Bertz CT molecular complexity index is 1180. The Balaban J connectivity index is 1.31. The van der Waals surface area contributed by atoms with Crippen LogP contribution in [0.15, 0.2) is 42.5 Å². The second-order valence-electron chi connectivity index (χ2n) is 8.12. The molecule has 1 amide bonds. The highest BCUT2D eigenvalue weighted by atomic mass is 32.2. The van der Waals surface area contributed by atoms with Crippen LogP contribution in [0, 0.1) is 13.8 Å². The van der Waals surface area contributed by atoms with Crippen molar-refractivity contribution in [2.45, 2.75) is 26.0 Å². The van der Waals surface area contributed by atoms with Crippen LogP contribution in [-0.2, 0) is 20.4 Å². The van der Waals surface area contributed by atoms with Gasteiger partial charge in [0.15, 0.2) is 15.0 Å². The van der Waals surface area contributed by atoms with Crippen LogP contribution in [0.4, 0.5) is 5.13 Å². The van der Waals surface area contributed by atoms with E-state index < -0.39 is 9.84 Å².